The quantitative estimate of drug-likeness (QED) is 0.588. The van der Waals surface area contributed by atoms with Gasteiger partial charge in [0.2, 0.25) is 10.0 Å². The molecule has 7 nitrogen and oxygen atoms in total. The maximum atomic E-state index is 12.1. The Morgan fingerprint density at radius 3 is 2.81 bits per heavy atom. The number of hydrogen-bond donors (Lipinski definition) is 3. The molecule has 0 saturated carbocycles. The van der Waals surface area contributed by atoms with Gasteiger partial charge in [-0.15, -0.1) is 0 Å². The Morgan fingerprint density at radius 2 is 2.11 bits per heavy atom. The smallest absolute Gasteiger partial charge is 0.315 e. The molecule has 27 heavy (non-hydrogen) atoms. The third kappa shape index (κ3) is 6.48. The highest BCUT2D eigenvalue weighted by Gasteiger charge is 2.18. The van der Waals surface area contributed by atoms with Gasteiger partial charge in [0.05, 0.1) is 10.9 Å². The fraction of sp³-hybridized carbons (Fsp3) is 0.632. The average molecular weight is 397 g/mol. The molecule has 1 fully saturated rings. The van der Waals surface area contributed by atoms with Crippen LogP contribution in [0.15, 0.2) is 29.2 Å². The van der Waals surface area contributed by atoms with E-state index in [1.807, 2.05) is 6.92 Å². The Kier molecular flexibility index (Phi) is 8.07. The number of rotatable bonds is 8. The van der Waals surface area contributed by atoms with Crippen molar-refractivity contribution in [3.8, 4) is 0 Å². The van der Waals surface area contributed by atoms with Crippen LogP contribution in [0, 0.1) is 0 Å². The summed E-state index contributed by atoms with van der Waals surface area (Å²) in [7, 11) is -2.12. The second-order valence-electron chi connectivity index (χ2n) is 7.14. The monoisotopic (exact) mass is 396 g/mol. The fourth-order valence-corrected chi connectivity index (χ4v) is 4.16. The molecule has 1 aromatic carbocycles. The molecule has 1 aliphatic heterocycles. The van der Waals surface area contributed by atoms with Gasteiger partial charge < -0.3 is 15.5 Å². The SMILES string of the molecule is CNS(=O)(=O)c1cccc(C(C)NC(=O)NCCCN2CCCCC2C)c1. The summed E-state index contributed by atoms with van der Waals surface area (Å²) < 4.78 is 26.1. The molecule has 2 amide bonds. The largest absolute Gasteiger partial charge is 0.338 e. The number of carbonyl (C=O) groups excluding carboxylic acids is 1. The van der Waals surface area contributed by atoms with E-state index in [1.54, 1.807) is 18.2 Å². The van der Waals surface area contributed by atoms with Gasteiger partial charge in [-0.05, 0) is 64.4 Å². The Balaban J connectivity index is 1.77. The summed E-state index contributed by atoms with van der Waals surface area (Å²) in [4.78, 5) is 14.8. The van der Waals surface area contributed by atoms with Crippen LogP contribution in [0.4, 0.5) is 4.79 Å². The van der Waals surface area contributed by atoms with Gasteiger partial charge >= 0.3 is 6.03 Å². The van der Waals surface area contributed by atoms with Gasteiger partial charge in [0.25, 0.3) is 0 Å². The molecule has 0 aliphatic carbocycles. The zero-order valence-corrected chi connectivity index (χ0v) is 17.3. The number of sulfonamides is 1. The van der Waals surface area contributed by atoms with E-state index >= 15 is 0 Å². The second-order valence-corrected chi connectivity index (χ2v) is 9.02. The highest BCUT2D eigenvalue weighted by atomic mass is 32.2. The van der Waals surface area contributed by atoms with Crippen LogP contribution >= 0.6 is 0 Å². The topological polar surface area (TPSA) is 90.5 Å². The highest BCUT2D eigenvalue weighted by molar-refractivity contribution is 7.89. The number of amides is 2. The predicted octanol–water partition coefficient (Wildman–Crippen LogP) is 2.22. The van der Waals surface area contributed by atoms with E-state index < -0.39 is 10.0 Å². The van der Waals surface area contributed by atoms with Gasteiger partial charge in [0.15, 0.2) is 0 Å². The molecule has 1 aromatic rings. The Bertz CT molecular complexity index is 723. The van der Waals surface area contributed by atoms with Gasteiger partial charge in [-0.3, -0.25) is 0 Å². The summed E-state index contributed by atoms with van der Waals surface area (Å²) in [6.07, 6.45) is 4.75. The van der Waals surface area contributed by atoms with Crippen LogP contribution in [0.25, 0.3) is 0 Å². The van der Waals surface area contributed by atoms with Crippen molar-refractivity contribution in [1.29, 1.82) is 0 Å². The summed E-state index contributed by atoms with van der Waals surface area (Å²) in [5.41, 5.74) is 0.739. The van der Waals surface area contributed by atoms with Crippen LogP contribution in [0.2, 0.25) is 0 Å². The molecular weight excluding hydrogens is 364 g/mol. The van der Waals surface area contributed by atoms with Crippen molar-refractivity contribution in [2.24, 2.45) is 0 Å². The van der Waals surface area contributed by atoms with Crippen LogP contribution < -0.4 is 15.4 Å². The maximum absolute atomic E-state index is 12.1. The first-order valence-electron chi connectivity index (χ1n) is 9.65. The molecule has 2 rings (SSSR count). The van der Waals surface area contributed by atoms with E-state index in [0.717, 1.165) is 25.1 Å². The third-order valence-corrected chi connectivity index (χ3v) is 6.54. The molecule has 1 aliphatic rings. The van der Waals surface area contributed by atoms with Crippen LogP contribution in [-0.4, -0.2) is 52.1 Å². The van der Waals surface area contributed by atoms with Gasteiger partial charge in [-0.2, -0.15) is 0 Å². The Labute approximate surface area is 163 Å². The fourth-order valence-electron chi connectivity index (χ4n) is 3.37. The lowest BCUT2D eigenvalue weighted by molar-refractivity contribution is 0.159. The van der Waals surface area contributed by atoms with Crippen molar-refractivity contribution >= 4 is 16.1 Å². The van der Waals surface area contributed by atoms with E-state index in [-0.39, 0.29) is 17.0 Å². The van der Waals surface area contributed by atoms with Crippen molar-refractivity contribution in [2.75, 3.05) is 26.7 Å². The van der Waals surface area contributed by atoms with Crippen LogP contribution in [0.3, 0.4) is 0 Å². The summed E-state index contributed by atoms with van der Waals surface area (Å²) >= 11 is 0. The van der Waals surface area contributed by atoms with Gasteiger partial charge in [0.1, 0.15) is 0 Å². The van der Waals surface area contributed by atoms with Crippen LogP contribution in [-0.2, 0) is 10.0 Å². The second kappa shape index (κ2) is 10.1. The first-order valence-corrected chi connectivity index (χ1v) is 11.1. The van der Waals surface area contributed by atoms with E-state index in [1.165, 1.54) is 32.4 Å². The van der Waals surface area contributed by atoms with Crippen LogP contribution in [0.5, 0.6) is 0 Å². The van der Waals surface area contributed by atoms with Crippen molar-refractivity contribution in [2.45, 2.75) is 56.5 Å². The summed E-state index contributed by atoms with van der Waals surface area (Å²) in [6, 6.07) is 6.69. The minimum Gasteiger partial charge on any atom is -0.338 e. The number of benzene rings is 1. The molecule has 8 heteroatoms. The molecule has 1 saturated heterocycles. The van der Waals surface area contributed by atoms with E-state index in [4.69, 9.17) is 0 Å². The Morgan fingerprint density at radius 1 is 1.33 bits per heavy atom. The van der Waals surface area contributed by atoms with Crippen molar-refractivity contribution in [1.82, 2.24) is 20.3 Å². The molecule has 2 unspecified atom stereocenters. The number of piperidine rings is 1. The number of likely N-dealkylation sites (tertiary alicyclic amines) is 1. The van der Waals surface area contributed by atoms with Crippen molar-refractivity contribution in [3.05, 3.63) is 29.8 Å². The molecule has 0 aromatic heterocycles. The minimum absolute atomic E-state index is 0.187. The van der Waals surface area contributed by atoms with Crippen LogP contribution in [0.1, 0.15) is 51.1 Å². The molecule has 152 valence electrons. The lowest BCUT2D eigenvalue weighted by Gasteiger charge is -2.33. The van der Waals surface area contributed by atoms with E-state index in [0.29, 0.717) is 12.6 Å². The number of hydrogen-bond acceptors (Lipinski definition) is 4. The number of nitrogens with zero attached hydrogens (tertiary/aromatic N) is 1. The normalized spacial score (nSPS) is 19.4. The van der Waals surface area contributed by atoms with Gasteiger partial charge in [0, 0.05) is 19.1 Å². The van der Waals surface area contributed by atoms with Gasteiger partial charge in [-0.25, -0.2) is 17.9 Å². The molecule has 2 atom stereocenters. The number of urea groups is 1. The van der Waals surface area contributed by atoms with Crippen molar-refractivity contribution in [3.63, 3.8) is 0 Å². The summed E-state index contributed by atoms with van der Waals surface area (Å²) in [6.45, 7) is 6.87. The zero-order valence-electron chi connectivity index (χ0n) is 16.5. The first-order chi connectivity index (χ1) is 12.8. The average Bonchev–Trinajstić information content (AvgIpc) is 2.66. The lowest BCUT2D eigenvalue weighted by atomic mass is 10.0. The summed E-state index contributed by atoms with van der Waals surface area (Å²) in [5.74, 6) is 0. The molecule has 1 heterocycles. The zero-order chi connectivity index (χ0) is 19.9. The molecule has 3 N–H and O–H groups in total. The number of nitrogens with one attached hydrogen (secondary N) is 3. The first kappa shape index (κ1) is 21.7. The highest BCUT2D eigenvalue weighted by Crippen LogP contribution is 2.18. The minimum atomic E-state index is -3.50. The molecular formula is C19H32N4O3S. The third-order valence-electron chi connectivity index (χ3n) is 5.13. The Hall–Kier alpha value is -1.64. The molecule has 0 radical (unpaired) electrons. The lowest BCUT2D eigenvalue weighted by Crippen LogP contribution is -2.41. The van der Waals surface area contributed by atoms with E-state index in [2.05, 4.69) is 27.2 Å². The number of carbonyl (C=O) groups is 1. The predicted molar refractivity (Wildman–Crippen MR) is 107 cm³/mol. The molecule has 0 bridgehead atoms. The molecule has 0 spiro atoms. The maximum Gasteiger partial charge on any atom is 0.315 e. The van der Waals surface area contributed by atoms with E-state index in [9.17, 15) is 13.2 Å². The van der Waals surface area contributed by atoms with Crippen molar-refractivity contribution < 1.29 is 13.2 Å². The standard InChI is InChI=1S/C19H32N4O3S/c1-15-8-4-5-12-23(15)13-7-11-21-19(24)22-16(2)17-9-6-10-18(14-17)27(25,26)20-3/h6,9-10,14-16,20H,4-5,7-8,11-13H2,1-3H3,(H2,21,22,24). The summed E-state index contributed by atoms with van der Waals surface area (Å²) in [5, 5.41) is 5.75. The van der Waals surface area contributed by atoms with Gasteiger partial charge in [-0.1, -0.05) is 18.6 Å².